The second-order valence-electron chi connectivity index (χ2n) is 7.19. The Morgan fingerprint density at radius 3 is 2.59 bits per heavy atom. The lowest BCUT2D eigenvalue weighted by Crippen LogP contribution is -2.38. The number of carbonyl (C=O) groups is 2. The number of carbonyl (C=O) groups excluding carboxylic acids is 2. The van der Waals surface area contributed by atoms with Crippen LogP contribution in [-0.2, 0) is 22.4 Å². The van der Waals surface area contributed by atoms with E-state index in [1.807, 2.05) is 20.8 Å². The molecule has 0 unspecified atom stereocenters. The maximum Gasteiger partial charge on any atom is 0.359 e. The molecule has 1 aromatic carbocycles. The fourth-order valence-electron chi connectivity index (χ4n) is 3.06. The zero-order valence-electron chi connectivity index (χ0n) is 15.8. The summed E-state index contributed by atoms with van der Waals surface area (Å²) >= 11 is 0. The molecular weight excluding hydrogens is 349 g/mol. The SMILES string of the molecule is CC(C)[C@@H](C)NC(=O)COC(=O)c1nn(-c2ccc(F)cc2)c2c1CCC2. The van der Waals surface area contributed by atoms with Crippen LogP contribution in [0.2, 0.25) is 0 Å². The van der Waals surface area contributed by atoms with Gasteiger partial charge in [-0.15, -0.1) is 0 Å². The van der Waals surface area contributed by atoms with Crippen LogP contribution in [0.1, 0.15) is 48.9 Å². The van der Waals surface area contributed by atoms with Crippen molar-refractivity contribution in [3.05, 3.63) is 47.0 Å². The van der Waals surface area contributed by atoms with Crippen molar-refractivity contribution in [2.75, 3.05) is 6.61 Å². The van der Waals surface area contributed by atoms with Crippen molar-refractivity contribution in [3.8, 4) is 5.69 Å². The highest BCUT2D eigenvalue weighted by molar-refractivity contribution is 5.91. The Morgan fingerprint density at radius 2 is 1.93 bits per heavy atom. The molecule has 0 saturated heterocycles. The molecule has 27 heavy (non-hydrogen) atoms. The summed E-state index contributed by atoms with van der Waals surface area (Å²) in [6.07, 6.45) is 2.44. The maximum atomic E-state index is 13.2. The highest BCUT2D eigenvalue weighted by Gasteiger charge is 2.28. The molecule has 144 valence electrons. The first-order valence-electron chi connectivity index (χ1n) is 9.20. The van der Waals surface area contributed by atoms with Gasteiger partial charge in [-0.2, -0.15) is 5.10 Å². The Morgan fingerprint density at radius 1 is 1.22 bits per heavy atom. The van der Waals surface area contributed by atoms with Gasteiger partial charge >= 0.3 is 5.97 Å². The number of halogens is 1. The molecule has 6 nitrogen and oxygen atoms in total. The van der Waals surface area contributed by atoms with E-state index in [1.165, 1.54) is 12.1 Å². The molecule has 2 aromatic rings. The summed E-state index contributed by atoms with van der Waals surface area (Å²) in [5.41, 5.74) is 2.71. The molecule has 3 rings (SSSR count). The van der Waals surface area contributed by atoms with E-state index in [2.05, 4.69) is 10.4 Å². The van der Waals surface area contributed by atoms with Crippen molar-refractivity contribution in [2.24, 2.45) is 5.92 Å². The van der Waals surface area contributed by atoms with Crippen LogP contribution in [0, 0.1) is 11.7 Å². The lowest BCUT2D eigenvalue weighted by molar-refractivity contribution is -0.125. The van der Waals surface area contributed by atoms with Crippen molar-refractivity contribution in [2.45, 2.75) is 46.1 Å². The smallest absolute Gasteiger partial charge is 0.359 e. The van der Waals surface area contributed by atoms with E-state index in [9.17, 15) is 14.0 Å². The maximum absolute atomic E-state index is 13.2. The van der Waals surface area contributed by atoms with Crippen LogP contribution in [0.5, 0.6) is 0 Å². The predicted octanol–water partition coefficient (Wildman–Crippen LogP) is 2.82. The van der Waals surface area contributed by atoms with Crippen LogP contribution in [0.25, 0.3) is 5.69 Å². The zero-order chi connectivity index (χ0) is 19.6. The van der Waals surface area contributed by atoms with Gasteiger partial charge in [-0.1, -0.05) is 13.8 Å². The largest absolute Gasteiger partial charge is 0.451 e. The number of hydrogen-bond donors (Lipinski definition) is 1. The van der Waals surface area contributed by atoms with Gasteiger partial charge in [0.25, 0.3) is 5.91 Å². The molecule has 7 heteroatoms. The summed E-state index contributed by atoms with van der Waals surface area (Å²) in [6, 6.07) is 5.96. The standard InChI is InChI=1S/C20H24FN3O3/c1-12(2)13(3)22-18(25)11-27-20(26)19-16-5-4-6-17(16)24(23-19)15-9-7-14(21)8-10-15/h7-10,12-13H,4-6,11H2,1-3H3,(H,22,25)/t13-/m1/s1. The molecule has 0 fully saturated rings. The third kappa shape index (κ3) is 4.18. The van der Waals surface area contributed by atoms with Crippen molar-refractivity contribution in [1.82, 2.24) is 15.1 Å². The third-order valence-corrected chi connectivity index (χ3v) is 4.92. The number of ether oxygens (including phenoxy) is 1. The van der Waals surface area contributed by atoms with Gasteiger partial charge in [0.1, 0.15) is 5.82 Å². The number of benzene rings is 1. The fraction of sp³-hybridized carbons (Fsp3) is 0.450. The molecular formula is C20H24FN3O3. The van der Waals surface area contributed by atoms with Crippen molar-refractivity contribution >= 4 is 11.9 Å². The Bertz CT molecular complexity index is 843. The van der Waals surface area contributed by atoms with E-state index in [4.69, 9.17) is 4.74 Å². The van der Waals surface area contributed by atoms with E-state index < -0.39 is 5.97 Å². The van der Waals surface area contributed by atoms with Gasteiger partial charge in [0, 0.05) is 17.3 Å². The average molecular weight is 373 g/mol. The van der Waals surface area contributed by atoms with E-state index >= 15 is 0 Å². The number of nitrogens with one attached hydrogen (secondary N) is 1. The number of hydrogen-bond acceptors (Lipinski definition) is 4. The number of aromatic nitrogens is 2. The summed E-state index contributed by atoms with van der Waals surface area (Å²) in [4.78, 5) is 24.4. The fourth-order valence-corrected chi connectivity index (χ4v) is 3.06. The Balaban J connectivity index is 1.73. The number of rotatable bonds is 6. The zero-order valence-corrected chi connectivity index (χ0v) is 15.8. The molecule has 0 aliphatic heterocycles. The molecule has 1 heterocycles. The Hall–Kier alpha value is -2.70. The van der Waals surface area contributed by atoms with E-state index in [1.54, 1.807) is 16.8 Å². The van der Waals surface area contributed by atoms with Gasteiger partial charge in [-0.05, 0) is 56.4 Å². The van der Waals surface area contributed by atoms with Crippen molar-refractivity contribution in [1.29, 1.82) is 0 Å². The van der Waals surface area contributed by atoms with Crippen LogP contribution < -0.4 is 5.32 Å². The van der Waals surface area contributed by atoms with E-state index in [0.717, 1.165) is 30.5 Å². The highest BCUT2D eigenvalue weighted by Crippen LogP contribution is 2.28. The lowest BCUT2D eigenvalue weighted by atomic mass is 10.1. The summed E-state index contributed by atoms with van der Waals surface area (Å²) < 4.78 is 20.0. The molecule has 1 N–H and O–H groups in total. The van der Waals surface area contributed by atoms with Crippen LogP contribution in [0.3, 0.4) is 0 Å². The number of nitrogens with zero attached hydrogens (tertiary/aromatic N) is 2. The molecule has 0 radical (unpaired) electrons. The third-order valence-electron chi connectivity index (χ3n) is 4.92. The summed E-state index contributed by atoms with van der Waals surface area (Å²) in [7, 11) is 0. The van der Waals surface area contributed by atoms with Crippen LogP contribution in [-0.4, -0.2) is 34.3 Å². The molecule has 1 amide bonds. The average Bonchev–Trinajstić information content (AvgIpc) is 3.23. The minimum absolute atomic E-state index is 0.00173. The van der Waals surface area contributed by atoms with Crippen molar-refractivity contribution < 1.29 is 18.7 Å². The predicted molar refractivity (Wildman–Crippen MR) is 98.3 cm³/mol. The van der Waals surface area contributed by atoms with Gasteiger partial charge in [0.15, 0.2) is 12.3 Å². The summed E-state index contributed by atoms with van der Waals surface area (Å²) in [5.74, 6) is -0.983. The van der Waals surface area contributed by atoms with Gasteiger partial charge in [0.2, 0.25) is 0 Å². The second-order valence-corrected chi connectivity index (χ2v) is 7.19. The topological polar surface area (TPSA) is 73.2 Å². The number of amides is 1. The van der Waals surface area contributed by atoms with Crippen LogP contribution >= 0.6 is 0 Å². The number of esters is 1. The molecule has 0 spiro atoms. The van der Waals surface area contributed by atoms with E-state index in [-0.39, 0.29) is 30.1 Å². The summed E-state index contributed by atoms with van der Waals surface area (Å²) in [6.45, 7) is 5.57. The van der Waals surface area contributed by atoms with Gasteiger partial charge in [0.05, 0.1) is 5.69 Å². The Kier molecular flexibility index (Phi) is 5.58. The van der Waals surface area contributed by atoms with Crippen LogP contribution in [0.4, 0.5) is 4.39 Å². The van der Waals surface area contributed by atoms with Gasteiger partial charge < -0.3 is 10.1 Å². The molecule has 1 aliphatic carbocycles. The monoisotopic (exact) mass is 373 g/mol. The number of fused-ring (bicyclic) bond motifs is 1. The molecule has 0 bridgehead atoms. The first-order chi connectivity index (χ1) is 12.9. The van der Waals surface area contributed by atoms with Gasteiger partial charge in [-0.25, -0.2) is 13.9 Å². The molecule has 1 aliphatic rings. The minimum atomic E-state index is -0.610. The molecule has 1 aromatic heterocycles. The quantitative estimate of drug-likeness (QED) is 0.791. The second kappa shape index (κ2) is 7.90. The van der Waals surface area contributed by atoms with Crippen molar-refractivity contribution in [3.63, 3.8) is 0 Å². The normalized spacial score (nSPS) is 14.1. The highest BCUT2D eigenvalue weighted by atomic mass is 19.1. The lowest BCUT2D eigenvalue weighted by Gasteiger charge is -2.17. The molecule has 0 saturated carbocycles. The Labute approximate surface area is 157 Å². The molecule has 1 atom stereocenters. The minimum Gasteiger partial charge on any atom is -0.451 e. The first kappa shape index (κ1) is 19.1. The van der Waals surface area contributed by atoms with Crippen LogP contribution in [0.15, 0.2) is 24.3 Å². The summed E-state index contributed by atoms with van der Waals surface area (Å²) in [5, 5.41) is 7.18. The van der Waals surface area contributed by atoms with Gasteiger partial charge in [-0.3, -0.25) is 4.79 Å². The van der Waals surface area contributed by atoms with E-state index in [0.29, 0.717) is 11.6 Å². The first-order valence-corrected chi connectivity index (χ1v) is 9.20.